The van der Waals surface area contributed by atoms with Gasteiger partial charge in [0.1, 0.15) is 5.01 Å². The summed E-state index contributed by atoms with van der Waals surface area (Å²) < 4.78 is 24.6. The van der Waals surface area contributed by atoms with E-state index in [1.165, 1.54) is 10.6 Å². The van der Waals surface area contributed by atoms with Crippen LogP contribution in [0.4, 0.5) is 0 Å². The van der Waals surface area contributed by atoms with Crippen LogP contribution in [-0.2, 0) is 16.6 Å². The average Bonchev–Trinajstić information content (AvgIpc) is 3.00. The fourth-order valence-corrected chi connectivity index (χ4v) is 3.98. The highest BCUT2D eigenvalue weighted by molar-refractivity contribution is 14.0. The lowest BCUT2D eigenvalue weighted by Crippen LogP contribution is -2.39. The molecular formula is C16H32IN5O2S2. The smallest absolute Gasteiger partial charge is 0.211 e. The van der Waals surface area contributed by atoms with Gasteiger partial charge in [0.25, 0.3) is 0 Å². The van der Waals surface area contributed by atoms with Crippen LogP contribution in [0.3, 0.4) is 0 Å². The highest BCUT2D eigenvalue weighted by Crippen LogP contribution is 2.18. The zero-order valence-electron chi connectivity index (χ0n) is 16.3. The van der Waals surface area contributed by atoms with Crippen molar-refractivity contribution in [1.82, 2.24) is 19.9 Å². The Balaban J connectivity index is 0.00000625. The lowest BCUT2D eigenvalue weighted by molar-refractivity contribution is 0.424. The van der Waals surface area contributed by atoms with Crippen molar-refractivity contribution in [2.45, 2.75) is 46.6 Å². The Kier molecular flexibility index (Phi) is 12.6. The molecule has 0 amide bonds. The van der Waals surface area contributed by atoms with Crippen LogP contribution < -0.4 is 10.6 Å². The fraction of sp³-hybridized carbons (Fsp3) is 0.750. The summed E-state index contributed by atoms with van der Waals surface area (Å²) in [6, 6.07) is 0. The summed E-state index contributed by atoms with van der Waals surface area (Å²) in [6.45, 7) is 11.1. The van der Waals surface area contributed by atoms with Crippen LogP contribution in [0, 0.1) is 0 Å². The third-order valence-electron chi connectivity index (χ3n) is 3.58. The molecule has 0 atom stereocenters. The molecular weight excluding hydrogens is 485 g/mol. The van der Waals surface area contributed by atoms with E-state index in [1.54, 1.807) is 11.3 Å². The summed E-state index contributed by atoms with van der Waals surface area (Å²) in [5, 5.41) is 9.52. The lowest BCUT2D eigenvalue weighted by atomic mass is 10.2. The molecule has 0 bridgehead atoms. The third-order valence-corrected chi connectivity index (χ3v) is 5.81. The van der Waals surface area contributed by atoms with E-state index in [9.17, 15) is 8.42 Å². The molecule has 0 aromatic carbocycles. The van der Waals surface area contributed by atoms with E-state index in [4.69, 9.17) is 0 Å². The summed E-state index contributed by atoms with van der Waals surface area (Å²) in [7, 11) is -3.12. The Labute approximate surface area is 179 Å². The first-order chi connectivity index (χ1) is 11.8. The Morgan fingerprint density at radius 2 is 2.04 bits per heavy atom. The second kappa shape index (κ2) is 12.8. The predicted molar refractivity (Wildman–Crippen MR) is 121 cm³/mol. The summed E-state index contributed by atoms with van der Waals surface area (Å²) in [4.78, 5) is 9.13. The number of nitrogens with zero attached hydrogens (tertiary/aromatic N) is 3. The van der Waals surface area contributed by atoms with Crippen LogP contribution in [0.2, 0.25) is 0 Å². The van der Waals surface area contributed by atoms with Gasteiger partial charge in [-0.2, -0.15) is 0 Å². The minimum atomic E-state index is -3.12. The van der Waals surface area contributed by atoms with Crippen LogP contribution in [0.1, 0.15) is 50.7 Å². The first-order valence-electron chi connectivity index (χ1n) is 8.69. The highest BCUT2D eigenvalue weighted by Gasteiger charge is 2.13. The molecule has 0 saturated carbocycles. The Morgan fingerprint density at radius 1 is 1.35 bits per heavy atom. The first kappa shape index (κ1) is 25.5. The number of aliphatic imine (C=N–C) groups is 1. The maximum absolute atomic E-state index is 11.6. The number of sulfonamides is 1. The second-order valence-electron chi connectivity index (χ2n) is 6.05. The molecule has 7 nitrogen and oxygen atoms in total. The molecule has 0 radical (unpaired) electrons. The van der Waals surface area contributed by atoms with Gasteiger partial charge in [0.2, 0.25) is 10.0 Å². The number of hydrogen-bond acceptors (Lipinski definition) is 5. The molecule has 1 aromatic heterocycles. The maximum atomic E-state index is 11.6. The highest BCUT2D eigenvalue weighted by atomic mass is 127. The van der Waals surface area contributed by atoms with E-state index in [1.807, 2.05) is 13.8 Å². The van der Waals surface area contributed by atoms with Gasteiger partial charge in [-0.05, 0) is 19.3 Å². The zero-order valence-corrected chi connectivity index (χ0v) is 20.2. The van der Waals surface area contributed by atoms with Gasteiger partial charge in [-0.1, -0.05) is 20.8 Å². The van der Waals surface area contributed by atoms with Crippen molar-refractivity contribution < 1.29 is 8.42 Å². The molecule has 1 aromatic rings. The zero-order chi connectivity index (χ0) is 18.9. The van der Waals surface area contributed by atoms with Gasteiger partial charge < -0.3 is 10.6 Å². The van der Waals surface area contributed by atoms with Gasteiger partial charge in [0.15, 0.2) is 5.96 Å². The van der Waals surface area contributed by atoms with Gasteiger partial charge >= 0.3 is 0 Å². The van der Waals surface area contributed by atoms with Gasteiger partial charge in [-0.3, -0.25) is 0 Å². The molecule has 0 aliphatic carbocycles. The number of rotatable bonds is 10. The van der Waals surface area contributed by atoms with E-state index in [2.05, 4.69) is 39.8 Å². The number of hydrogen-bond donors (Lipinski definition) is 2. The molecule has 1 heterocycles. The molecule has 0 saturated heterocycles. The Hall–Kier alpha value is -0.460. The first-order valence-corrected chi connectivity index (χ1v) is 11.4. The number of aromatic nitrogens is 1. The second-order valence-corrected chi connectivity index (χ2v) is 8.98. The van der Waals surface area contributed by atoms with Crippen LogP contribution in [-0.4, -0.2) is 56.1 Å². The van der Waals surface area contributed by atoms with Crippen LogP contribution in [0.25, 0.3) is 0 Å². The topological polar surface area (TPSA) is 86.7 Å². The van der Waals surface area contributed by atoms with Crippen molar-refractivity contribution in [1.29, 1.82) is 0 Å². The predicted octanol–water partition coefficient (Wildman–Crippen LogP) is 2.61. The van der Waals surface area contributed by atoms with E-state index in [-0.39, 0.29) is 24.0 Å². The molecule has 10 heteroatoms. The van der Waals surface area contributed by atoms with Crippen LogP contribution in [0.15, 0.2) is 10.4 Å². The molecule has 0 fully saturated rings. The maximum Gasteiger partial charge on any atom is 0.211 e. The molecule has 0 spiro atoms. The van der Waals surface area contributed by atoms with Gasteiger partial charge in [0, 0.05) is 31.6 Å². The monoisotopic (exact) mass is 517 g/mol. The fourth-order valence-electron chi connectivity index (χ4n) is 2.17. The van der Waals surface area contributed by atoms with Gasteiger partial charge in [0.05, 0.1) is 18.5 Å². The van der Waals surface area contributed by atoms with E-state index in [0.717, 1.165) is 29.6 Å². The Bertz CT molecular complexity index is 647. The van der Waals surface area contributed by atoms with E-state index in [0.29, 0.717) is 32.1 Å². The summed E-state index contributed by atoms with van der Waals surface area (Å²) in [6.07, 6.45) is 1.97. The minimum Gasteiger partial charge on any atom is -0.357 e. The molecule has 0 unspecified atom stereocenters. The quantitative estimate of drug-likeness (QED) is 0.216. The molecule has 152 valence electrons. The van der Waals surface area contributed by atoms with Crippen LogP contribution >= 0.6 is 35.3 Å². The summed E-state index contributed by atoms with van der Waals surface area (Å²) in [5.41, 5.74) is 1.11. The molecule has 0 aliphatic heterocycles. The van der Waals surface area contributed by atoms with Crippen LogP contribution in [0.5, 0.6) is 0 Å². The Morgan fingerprint density at radius 3 is 2.54 bits per heavy atom. The molecule has 0 aliphatic rings. The standard InChI is InChI=1S/C16H31N5O2S2.HI/c1-6-17-16(18-9-8-10-21(7-2)25(5,22)23)19-11-15-20-14(12-24-15)13(3)4;/h12-13H,6-11H2,1-5H3,(H2,17,18,19);1H. The van der Waals surface area contributed by atoms with Crippen molar-refractivity contribution in [3.63, 3.8) is 0 Å². The minimum absolute atomic E-state index is 0. The normalized spacial score (nSPS) is 12.3. The summed E-state index contributed by atoms with van der Waals surface area (Å²) in [5.74, 6) is 1.16. The van der Waals surface area contributed by atoms with E-state index < -0.39 is 10.0 Å². The lowest BCUT2D eigenvalue weighted by Gasteiger charge is -2.18. The van der Waals surface area contributed by atoms with Crippen molar-refractivity contribution in [3.05, 3.63) is 16.1 Å². The SMILES string of the molecule is CCNC(=NCc1nc(C(C)C)cs1)NCCCN(CC)S(C)(=O)=O.I. The number of halogens is 1. The number of thiazole rings is 1. The molecule has 2 N–H and O–H groups in total. The summed E-state index contributed by atoms with van der Waals surface area (Å²) >= 11 is 1.63. The van der Waals surface area contributed by atoms with Crippen molar-refractivity contribution in [2.24, 2.45) is 4.99 Å². The van der Waals surface area contributed by atoms with Crippen molar-refractivity contribution >= 4 is 51.3 Å². The number of guanidine groups is 1. The van der Waals surface area contributed by atoms with Gasteiger partial charge in [-0.15, -0.1) is 35.3 Å². The van der Waals surface area contributed by atoms with Gasteiger partial charge in [-0.25, -0.2) is 22.7 Å². The third kappa shape index (κ3) is 9.47. The molecule has 1 rings (SSSR count). The largest absolute Gasteiger partial charge is 0.357 e. The van der Waals surface area contributed by atoms with Crippen molar-refractivity contribution in [3.8, 4) is 0 Å². The molecule has 26 heavy (non-hydrogen) atoms. The van der Waals surface area contributed by atoms with E-state index >= 15 is 0 Å². The number of nitrogens with one attached hydrogen (secondary N) is 2. The van der Waals surface area contributed by atoms with Crippen molar-refractivity contribution in [2.75, 3.05) is 32.4 Å². The average molecular weight is 518 g/mol.